The van der Waals surface area contributed by atoms with Crippen molar-refractivity contribution in [2.24, 2.45) is 0 Å². The highest BCUT2D eigenvalue weighted by Gasteiger charge is 2.06. The van der Waals surface area contributed by atoms with Crippen molar-refractivity contribution >= 4 is 27.5 Å². The number of carbonyl (C=O) groups is 1. The lowest BCUT2D eigenvalue weighted by Crippen LogP contribution is -2.15. The molecule has 2 aromatic heterocycles. The Balaban J connectivity index is 1.91. The second kappa shape index (κ2) is 5.72. The molecule has 0 bridgehead atoms. The van der Waals surface area contributed by atoms with Gasteiger partial charge in [-0.25, -0.2) is 9.97 Å². The summed E-state index contributed by atoms with van der Waals surface area (Å²) in [5.41, 5.74) is 1.50. The molecule has 1 amide bonds. The number of aromatic nitrogens is 4. The molecule has 18 heavy (non-hydrogen) atoms. The number of pyridine rings is 1. The molecule has 0 aliphatic rings. The van der Waals surface area contributed by atoms with Gasteiger partial charge in [-0.15, -0.1) is 0 Å². The largest absolute Gasteiger partial charge is 0.324 e. The number of rotatable bonds is 4. The lowest BCUT2D eigenvalue weighted by molar-refractivity contribution is -0.116. The average molecular weight is 310 g/mol. The monoisotopic (exact) mass is 309 g/mol. The van der Waals surface area contributed by atoms with Crippen molar-refractivity contribution < 1.29 is 4.79 Å². The number of carbonyl (C=O) groups excluding carboxylic acids is 1. The molecule has 0 spiro atoms. The van der Waals surface area contributed by atoms with Crippen molar-refractivity contribution in [2.45, 2.75) is 19.9 Å². The minimum Gasteiger partial charge on any atom is -0.324 e. The molecule has 2 heterocycles. The van der Waals surface area contributed by atoms with Gasteiger partial charge in [-0.3, -0.25) is 9.48 Å². The van der Waals surface area contributed by atoms with E-state index in [4.69, 9.17) is 0 Å². The predicted molar refractivity (Wildman–Crippen MR) is 69.9 cm³/mol. The molecule has 0 aliphatic heterocycles. The van der Waals surface area contributed by atoms with Crippen molar-refractivity contribution in [3.8, 4) is 0 Å². The van der Waals surface area contributed by atoms with Crippen molar-refractivity contribution in [1.29, 1.82) is 0 Å². The van der Waals surface area contributed by atoms with Gasteiger partial charge in [0.05, 0.1) is 17.9 Å². The van der Waals surface area contributed by atoms with Crippen LogP contribution in [0, 0.1) is 6.92 Å². The summed E-state index contributed by atoms with van der Waals surface area (Å²) in [5, 5.41) is 6.75. The first kappa shape index (κ1) is 12.7. The molecule has 0 saturated carbocycles. The fourth-order valence-corrected chi connectivity index (χ4v) is 1.84. The van der Waals surface area contributed by atoms with Crippen LogP contribution in [0.25, 0.3) is 0 Å². The molecule has 0 aliphatic carbocycles. The zero-order valence-electron chi connectivity index (χ0n) is 9.80. The highest BCUT2D eigenvalue weighted by molar-refractivity contribution is 9.10. The summed E-state index contributed by atoms with van der Waals surface area (Å²) >= 11 is 3.28. The van der Waals surface area contributed by atoms with Crippen LogP contribution >= 0.6 is 15.9 Å². The average Bonchev–Trinajstić information content (AvgIpc) is 2.83. The van der Waals surface area contributed by atoms with E-state index in [9.17, 15) is 4.79 Å². The molecule has 0 radical (unpaired) electrons. The SMILES string of the molecule is Cc1nc(Br)ccc1NC(=O)CCn1cncn1. The van der Waals surface area contributed by atoms with Crippen LogP contribution in [0.3, 0.4) is 0 Å². The Morgan fingerprint density at radius 3 is 3.00 bits per heavy atom. The van der Waals surface area contributed by atoms with E-state index in [1.165, 1.54) is 6.33 Å². The fraction of sp³-hybridized carbons (Fsp3) is 0.273. The van der Waals surface area contributed by atoms with E-state index in [0.29, 0.717) is 13.0 Å². The van der Waals surface area contributed by atoms with Gasteiger partial charge in [0.1, 0.15) is 17.3 Å². The fourth-order valence-electron chi connectivity index (χ4n) is 1.44. The van der Waals surface area contributed by atoms with Crippen LogP contribution in [0.5, 0.6) is 0 Å². The highest BCUT2D eigenvalue weighted by Crippen LogP contribution is 2.16. The summed E-state index contributed by atoms with van der Waals surface area (Å²) < 4.78 is 2.37. The lowest BCUT2D eigenvalue weighted by atomic mass is 10.3. The zero-order chi connectivity index (χ0) is 13.0. The van der Waals surface area contributed by atoms with E-state index in [2.05, 4.69) is 36.3 Å². The number of nitrogens with one attached hydrogen (secondary N) is 1. The number of hydrogen-bond donors (Lipinski definition) is 1. The topological polar surface area (TPSA) is 72.7 Å². The Bertz CT molecular complexity index is 540. The van der Waals surface area contributed by atoms with E-state index >= 15 is 0 Å². The quantitative estimate of drug-likeness (QED) is 0.874. The Kier molecular flexibility index (Phi) is 4.03. The maximum Gasteiger partial charge on any atom is 0.226 e. The van der Waals surface area contributed by atoms with E-state index in [0.717, 1.165) is 16.0 Å². The van der Waals surface area contributed by atoms with Gasteiger partial charge in [0, 0.05) is 6.42 Å². The summed E-state index contributed by atoms with van der Waals surface area (Å²) in [5.74, 6) is -0.0716. The molecule has 1 N–H and O–H groups in total. The third kappa shape index (κ3) is 3.36. The minimum absolute atomic E-state index is 0.0716. The molecule has 6 nitrogen and oxygen atoms in total. The molecule has 0 unspecified atom stereocenters. The van der Waals surface area contributed by atoms with Gasteiger partial charge in [-0.2, -0.15) is 5.10 Å². The number of hydrogen-bond acceptors (Lipinski definition) is 4. The molecule has 0 aromatic carbocycles. The molecule has 94 valence electrons. The van der Waals surface area contributed by atoms with Crippen LogP contribution in [0.4, 0.5) is 5.69 Å². The van der Waals surface area contributed by atoms with Gasteiger partial charge in [-0.1, -0.05) is 0 Å². The van der Waals surface area contributed by atoms with E-state index in [1.807, 2.05) is 13.0 Å². The summed E-state index contributed by atoms with van der Waals surface area (Å²) in [6.07, 6.45) is 3.37. The van der Waals surface area contributed by atoms with E-state index in [1.54, 1.807) is 17.1 Å². The van der Waals surface area contributed by atoms with Crippen molar-refractivity contribution in [3.63, 3.8) is 0 Å². The third-order valence-electron chi connectivity index (χ3n) is 2.36. The first-order valence-corrected chi connectivity index (χ1v) is 6.20. The van der Waals surface area contributed by atoms with Crippen molar-refractivity contribution in [1.82, 2.24) is 19.7 Å². The van der Waals surface area contributed by atoms with Gasteiger partial charge < -0.3 is 5.32 Å². The maximum atomic E-state index is 11.7. The van der Waals surface area contributed by atoms with Crippen molar-refractivity contribution in [3.05, 3.63) is 35.1 Å². The summed E-state index contributed by atoms with van der Waals surface area (Å²) in [6.45, 7) is 2.35. The molecule has 2 rings (SSSR count). The summed E-state index contributed by atoms with van der Waals surface area (Å²) in [4.78, 5) is 19.8. The Hall–Kier alpha value is -1.76. The number of nitrogens with zero attached hydrogens (tertiary/aromatic N) is 4. The Morgan fingerprint density at radius 2 is 2.33 bits per heavy atom. The first-order valence-electron chi connectivity index (χ1n) is 5.40. The zero-order valence-corrected chi connectivity index (χ0v) is 11.4. The number of anilines is 1. The van der Waals surface area contributed by atoms with E-state index < -0.39 is 0 Å². The normalized spacial score (nSPS) is 10.3. The number of aryl methyl sites for hydroxylation is 2. The molecule has 0 atom stereocenters. The molecule has 7 heteroatoms. The van der Waals surface area contributed by atoms with E-state index in [-0.39, 0.29) is 5.91 Å². The van der Waals surface area contributed by atoms with Gasteiger partial charge in [0.2, 0.25) is 5.91 Å². The van der Waals surface area contributed by atoms with Crippen molar-refractivity contribution in [2.75, 3.05) is 5.32 Å². The molecular weight excluding hydrogens is 298 g/mol. The third-order valence-corrected chi connectivity index (χ3v) is 2.80. The predicted octanol–water partition coefficient (Wildman–Crippen LogP) is 1.77. The second-order valence-electron chi connectivity index (χ2n) is 3.72. The van der Waals surface area contributed by atoms with Crippen LogP contribution in [0.2, 0.25) is 0 Å². The molecule has 0 saturated heterocycles. The van der Waals surface area contributed by atoms with Gasteiger partial charge in [0.15, 0.2) is 0 Å². The van der Waals surface area contributed by atoms with Crippen LogP contribution < -0.4 is 5.32 Å². The standard InChI is InChI=1S/C11H12BrN5O/c1-8-9(2-3-10(12)15-8)16-11(18)4-5-17-7-13-6-14-17/h2-3,6-7H,4-5H2,1H3,(H,16,18). The minimum atomic E-state index is -0.0716. The second-order valence-corrected chi connectivity index (χ2v) is 4.54. The maximum absolute atomic E-state index is 11.7. The van der Waals surface area contributed by atoms with Gasteiger partial charge >= 0.3 is 0 Å². The molecular formula is C11H12BrN5O. The van der Waals surface area contributed by atoms with Crippen LogP contribution in [-0.4, -0.2) is 25.7 Å². The smallest absolute Gasteiger partial charge is 0.226 e. The summed E-state index contributed by atoms with van der Waals surface area (Å²) in [6, 6.07) is 3.61. The lowest BCUT2D eigenvalue weighted by Gasteiger charge is -2.07. The van der Waals surface area contributed by atoms with Gasteiger partial charge in [0.25, 0.3) is 0 Å². The Labute approximate surface area is 113 Å². The Morgan fingerprint density at radius 1 is 1.50 bits per heavy atom. The summed E-state index contributed by atoms with van der Waals surface area (Å²) in [7, 11) is 0. The van der Waals surface area contributed by atoms with Crippen LogP contribution in [0.15, 0.2) is 29.4 Å². The highest BCUT2D eigenvalue weighted by atomic mass is 79.9. The number of halogens is 1. The van der Waals surface area contributed by atoms with Crippen LogP contribution in [-0.2, 0) is 11.3 Å². The molecule has 0 fully saturated rings. The first-order chi connectivity index (χ1) is 8.65. The number of amides is 1. The molecule has 2 aromatic rings. The van der Waals surface area contributed by atoms with Crippen LogP contribution in [0.1, 0.15) is 12.1 Å². The van der Waals surface area contributed by atoms with Gasteiger partial charge in [-0.05, 0) is 35.0 Å².